The summed E-state index contributed by atoms with van der Waals surface area (Å²) in [7, 11) is 0. The zero-order chi connectivity index (χ0) is 33.0. The quantitative estimate of drug-likeness (QED) is 0.319. The van der Waals surface area contributed by atoms with Gasteiger partial charge in [-0.15, -0.1) is 0 Å². The molecular weight excluding hydrogens is 595 g/mol. The minimum Gasteiger partial charge on any atom is -0.378 e. The number of Topliss-reactive ketones (excluding diaryl/α,β-unsaturated/α-hetero) is 1. The van der Waals surface area contributed by atoms with E-state index in [0.717, 1.165) is 18.7 Å². The molecule has 0 unspecified atom stereocenters. The third-order valence-electron chi connectivity index (χ3n) is 7.37. The standard InChI is InChI=1S/C29H35F5N4O6/c1-16(2)21(23(39)28(30,31)29(32,33)34)35-25(41)20-6-5-11-38(20)27(43)22(17(3)4)36-24(40)18-7-9-19(10-8-18)26(42)37-12-14-44-15-13-37/h7-10,17,20,22H,5-6,11-15H2,1-4H3,(H,35,41)(H,36,40)/t20-,22-/m0/s1. The highest BCUT2D eigenvalue weighted by Crippen LogP contribution is 2.38. The zero-order valence-corrected chi connectivity index (χ0v) is 24.7. The molecule has 0 spiro atoms. The van der Waals surface area contributed by atoms with Gasteiger partial charge in [-0.1, -0.05) is 13.8 Å². The second-order valence-corrected chi connectivity index (χ2v) is 11.1. The molecule has 2 saturated heterocycles. The average Bonchev–Trinajstić information content (AvgIpc) is 3.47. The third-order valence-corrected chi connectivity index (χ3v) is 7.37. The Hall–Kier alpha value is -3.88. The number of ether oxygens (including phenoxy) is 1. The lowest BCUT2D eigenvalue weighted by molar-refractivity contribution is -0.267. The summed E-state index contributed by atoms with van der Waals surface area (Å²) in [5.41, 5.74) is -0.961. The number of benzene rings is 1. The van der Waals surface area contributed by atoms with Gasteiger partial charge in [-0.25, -0.2) is 0 Å². The number of nitrogens with one attached hydrogen (secondary N) is 2. The highest BCUT2D eigenvalue weighted by Gasteiger charge is 2.64. The Bertz CT molecular complexity index is 1300. The van der Waals surface area contributed by atoms with Gasteiger partial charge >= 0.3 is 12.1 Å². The molecule has 0 saturated carbocycles. The van der Waals surface area contributed by atoms with Gasteiger partial charge < -0.3 is 25.2 Å². The number of morpholine rings is 1. The number of hydrogen-bond acceptors (Lipinski definition) is 6. The summed E-state index contributed by atoms with van der Waals surface area (Å²) in [6, 6.07) is 3.43. The molecule has 2 fully saturated rings. The van der Waals surface area contributed by atoms with Crippen molar-refractivity contribution in [1.29, 1.82) is 0 Å². The Kier molecular flexibility index (Phi) is 10.9. The summed E-state index contributed by atoms with van der Waals surface area (Å²) in [5, 5.41) is 4.52. The average molecular weight is 631 g/mol. The van der Waals surface area contributed by atoms with Gasteiger partial charge in [0, 0.05) is 30.8 Å². The molecule has 2 aliphatic heterocycles. The number of rotatable bonds is 9. The number of nitrogens with zero attached hydrogens (tertiary/aromatic N) is 2. The summed E-state index contributed by atoms with van der Waals surface area (Å²) in [4.78, 5) is 67.2. The van der Waals surface area contributed by atoms with Crippen LogP contribution in [0.15, 0.2) is 35.5 Å². The van der Waals surface area contributed by atoms with Crippen molar-refractivity contribution in [3.05, 3.63) is 46.7 Å². The molecule has 242 valence electrons. The number of halogens is 5. The highest BCUT2D eigenvalue weighted by atomic mass is 19.4. The van der Waals surface area contributed by atoms with Gasteiger partial charge in [-0.05, 0) is 62.4 Å². The molecule has 1 aromatic rings. The molecule has 1 aromatic carbocycles. The Morgan fingerprint density at radius 1 is 0.909 bits per heavy atom. The van der Waals surface area contributed by atoms with Gasteiger partial charge in [0.1, 0.15) is 12.1 Å². The van der Waals surface area contributed by atoms with Crippen LogP contribution in [0.4, 0.5) is 22.0 Å². The molecule has 0 aliphatic carbocycles. The molecule has 3 rings (SSSR count). The summed E-state index contributed by atoms with van der Waals surface area (Å²) in [6.07, 6.45) is -5.82. The first-order valence-corrected chi connectivity index (χ1v) is 14.0. The van der Waals surface area contributed by atoms with Gasteiger partial charge in [0.25, 0.3) is 17.6 Å². The van der Waals surface area contributed by atoms with Crippen LogP contribution in [0, 0.1) is 5.92 Å². The van der Waals surface area contributed by atoms with Crippen molar-refractivity contribution in [2.75, 3.05) is 32.8 Å². The Balaban J connectivity index is 1.72. The number of likely N-dealkylation sites (tertiary alicyclic amines) is 1. The molecule has 2 aliphatic rings. The fourth-order valence-corrected chi connectivity index (χ4v) is 4.83. The van der Waals surface area contributed by atoms with Gasteiger partial charge in [0.05, 0.1) is 18.9 Å². The minimum atomic E-state index is -6.17. The van der Waals surface area contributed by atoms with E-state index in [-0.39, 0.29) is 30.0 Å². The van der Waals surface area contributed by atoms with E-state index >= 15 is 0 Å². The molecule has 0 aromatic heterocycles. The van der Waals surface area contributed by atoms with Crippen molar-refractivity contribution in [1.82, 2.24) is 20.4 Å². The SMILES string of the molecule is CC(C)=C(NC(=O)[C@@H]1CCCN1C(=O)[C@@H](NC(=O)c1ccc(C(=O)N2CCOCC2)cc1)C(C)C)C(=O)C(F)(F)C(F)(F)F. The maximum atomic E-state index is 13.8. The molecule has 44 heavy (non-hydrogen) atoms. The van der Waals surface area contributed by atoms with Crippen LogP contribution in [0.1, 0.15) is 61.3 Å². The van der Waals surface area contributed by atoms with Gasteiger partial charge in [-0.3, -0.25) is 24.0 Å². The van der Waals surface area contributed by atoms with Crippen molar-refractivity contribution in [3.8, 4) is 0 Å². The van der Waals surface area contributed by atoms with Crippen LogP contribution >= 0.6 is 0 Å². The van der Waals surface area contributed by atoms with Crippen molar-refractivity contribution in [2.24, 2.45) is 5.92 Å². The molecule has 2 atom stereocenters. The first-order chi connectivity index (χ1) is 20.5. The summed E-state index contributed by atoms with van der Waals surface area (Å²) in [6.45, 7) is 7.28. The van der Waals surface area contributed by atoms with Crippen molar-refractivity contribution in [2.45, 2.75) is 64.7 Å². The molecular formula is C29H35F5N4O6. The van der Waals surface area contributed by atoms with Crippen LogP contribution < -0.4 is 10.6 Å². The molecule has 4 amide bonds. The van der Waals surface area contributed by atoms with Crippen LogP contribution in [-0.4, -0.2) is 96.2 Å². The summed E-state index contributed by atoms with van der Waals surface area (Å²) >= 11 is 0. The lowest BCUT2D eigenvalue weighted by Crippen LogP contribution is -2.56. The van der Waals surface area contributed by atoms with Crippen LogP contribution in [0.3, 0.4) is 0 Å². The zero-order valence-electron chi connectivity index (χ0n) is 24.7. The second-order valence-electron chi connectivity index (χ2n) is 11.1. The smallest absolute Gasteiger partial charge is 0.378 e. The van der Waals surface area contributed by atoms with E-state index in [1.807, 2.05) is 5.32 Å². The normalized spacial score (nSPS) is 18.1. The van der Waals surface area contributed by atoms with Crippen molar-refractivity contribution < 1.29 is 50.7 Å². The Morgan fingerprint density at radius 2 is 1.48 bits per heavy atom. The monoisotopic (exact) mass is 630 g/mol. The molecule has 0 radical (unpaired) electrons. The number of allylic oxidation sites excluding steroid dienone is 2. The Labute approximate surface area is 250 Å². The lowest BCUT2D eigenvalue weighted by atomic mass is 10.0. The summed E-state index contributed by atoms with van der Waals surface area (Å²) < 4.78 is 71.3. The molecule has 15 heteroatoms. The number of amides is 4. The van der Waals surface area contributed by atoms with E-state index < -0.39 is 59.3 Å². The first kappa shape index (κ1) is 34.6. The van der Waals surface area contributed by atoms with Crippen molar-refractivity contribution in [3.63, 3.8) is 0 Å². The molecule has 0 bridgehead atoms. The van der Waals surface area contributed by atoms with Crippen LogP contribution in [-0.2, 0) is 19.1 Å². The van der Waals surface area contributed by atoms with Crippen LogP contribution in [0.2, 0.25) is 0 Å². The Morgan fingerprint density at radius 3 is 2.00 bits per heavy atom. The highest BCUT2D eigenvalue weighted by molar-refractivity contribution is 6.05. The van der Waals surface area contributed by atoms with E-state index in [1.165, 1.54) is 24.3 Å². The second kappa shape index (κ2) is 13.8. The first-order valence-electron chi connectivity index (χ1n) is 14.0. The predicted molar refractivity (Wildman–Crippen MR) is 147 cm³/mol. The molecule has 2 N–H and O–H groups in total. The molecule has 10 nitrogen and oxygen atoms in total. The largest absolute Gasteiger partial charge is 0.461 e. The van der Waals surface area contributed by atoms with Crippen molar-refractivity contribution >= 4 is 29.4 Å². The lowest BCUT2D eigenvalue weighted by Gasteiger charge is -2.31. The van der Waals surface area contributed by atoms with Crippen LogP contribution in [0.5, 0.6) is 0 Å². The van der Waals surface area contributed by atoms with E-state index in [2.05, 4.69) is 5.32 Å². The number of carbonyl (C=O) groups is 5. The predicted octanol–water partition coefficient (Wildman–Crippen LogP) is 3.08. The number of alkyl halides is 5. The fourth-order valence-electron chi connectivity index (χ4n) is 4.83. The van der Waals surface area contributed by atoms with Gasteiger partial charge in [0.2, 0.25) is 11.8 Å². The van der Waals surface area contributed by atoms with Crippen LogP contribution in [0.25, 0.3) is 0 Å². The van der Waals surface area contributed by atoms with E-state index in [4.69, 9.17) is 4.74 Å². The number of hydrogen-bond donors (Lipinski definition) is 2. The number of ketones is 1. The topological polar surface area (TPSA) is 125 Å². The third kappa shape index (κ3) is 7.60. The van der Waals surface area contributed by atoms with Gasteiger partial charge in [-0.2, -0.15) is 22.0 Å². The van der Waals surface area contributed by atoms with E-state index in [0.29, 0.717) is 38.3 Å². The van der Waals surface area contributed by atoms with E-state index in [1.54, 1.807) is 18.7 Å². The fraction of sp³-hybridized carbons (Fsp3) is 0.552. The maximum Gasteiger partial charge on any atom is 0.461 e. The summed E-state index contributed by atoms with van der Waals surface area (Å²) in [5.74, 6) is -11.4. The minimum absolute atomic E-state index is 0.0468. The molecule has 2 heterocycles. The maximum absolute atomic E-state index is 13.8. The van der Waals surface area contributed by atoms with Gasteiger partial charge in [0.15, 0.2) is 0 Å². The number of carbonyl (C=O) groups excluding carboxylic acids is 5. The van der Waals surface area contributed by atoms with E-state index in [9.17, 15) is 45.9 Å².